The Bertz CT molecular complexity index is 922. The molecule has 3 aromatic rings. The van der Waals surface area contributed by atoms with Gasteiger partial charge in [-0.25, -0.2) is 0 Å². The Morgan fingerprint density at radius 1 is 0.871 bits per heavy atom. The second kappa shape index (κ2) is 10.9. The lowest BCUT2D eigenvalue weighted by atomic mass is 10.2. The molecule has 0 spiro atoms. The van der Waals surface area contributed by atoms with Gasteiger partial charge in [0.15, 0.2) is 12.5 Å². The fraction of sp³-hybridized carbons (Fsp3) is 0.208. The van der Waals surface area contributed by atoms with E-state index in [4.69, 9.17) is 12.2 Å². The highest BCUT2D eigenvalue weighted by atomic mass is 32.7. The van der Waals surface area contributed by atoms with E-state index in [0.29, 0.717) is 5.11 Å². The standard InChI is InChI=1S/C24H27N4PS2/c1-20-12-14-21(15-13-20)26-24(30)25-16-19-31-29-27(22-8-4-2-5-9-22)17-18-28(29)23-10-6-3-7-11-23/h2-15H,16-19H2,1H3,(H2,25,26,30). The van der Waals surface area contributed by atoms with Gasteiger partial charge in [0.1, 0.15) is 0 Å². The topological polar surface area (TPSA) is 30.5 Å². The predicted octanol–water partition coefficient (Wildman–Crippen LogP) is 6.27. The van der Waals surface area contributed by atoms with Crippen LogP contribution in [-0.2, 0) is 0 Å². The molecule has 0 bridgehead atoms. The van der Waals surface area contributed by atoms with E-state index < -0.39 is 7.42 Å². The third-order valence-electron chi connectivity index (χ3n) is 4.95. The maximum atomic E-state index is 5.47. The van der Waals surface area contributed by atoms with Gasteiger partial charge < -0.3 is 20.0 Å². The summed E-state index contributed by atoms with van der Waals surface area (Å²) in [5, 5.41) is 7.28. The Morgan fingerprint density at radius 3 is 1.97 bits per heavy atom. The molecule has 1 fully saturated rings. The van der Waals surface area contributed by atoms with Gasteiger partial charge in [-0.1, -0.05) is 65.5 Å². The Morgan fingerprint density at radius 2 is 1.42 bits per heavy atom. The minimum atomic E-state index is -0.528. The number of para-hydroxylation sites is 2. The summed E-state index contributed by atoms with van der Waals surface area (Å²) in [5.74, 6) is 0.980. The summed E-state index contributed by atoms with van der Waals surface area (Å²) in [4.78, 5) is 0. The van der Waals surface area contributed by atoms with Crippen LogP contribution in [0.2, 0.25) is 0 Å². The first-order chi connectivity index (χ1) is 15.2. The van der Waals surface area contributed by atoms with Gasteiger partial charge in [-0.05, 0) is 55.5 Å². The monoisotopic (exact) mass is 466 g/mol. The molecule has 0 saturated carbocycles. The molecule has 4 nitrogen and oxygen atoms in total. The van der Waals surface area contributed by atoms with E-state index in [-0.39, 0.29) is 0 Å². The molecule has 0 radical (unpaired) electrons. The molecule has 3 aromatic carbocycles. The van der Waals surface area contributed by atoms with Crippen molar-refractivity contribution < 1.29 is 0 Å². The lowest BCUT2D eigenvalue weighted by Gasteiger charge is -2.31. The van der Waals surface area contributed by atoms with Crippen molar-refractivity contribution in [3.8, 4) is 0 Å². The minimum absolute atomic E-state index is 0.528. The van der Waals surface area contributed by atoms with Crippen LogP contribution in [0.25, 0.3) is 0 Å². The van der Waals surface area contributed by atoms with Crippen LogP contribution in [0, 0.1) is 6.92 Å². The van der Waals surface area contributed by atoms with E-state index in [9.17, 15) is 0 Å². The Balaban J connectivity index is 1.35. The van der Waals surface area contributed by atoms with Crippen molar-refractivity contribution in [1.82, 2.24) is 5.32 Å². The summed E-state index contributed by atoms with van der Waals surface area (Å²) in [7, 11) is -0.528. The van der Waals surface area contributed by atoms with Crippen molar-refractivity contribution in [1.29, 1.82) is 0 Å². The Kier molecular flexibility index (Phi) is 7.68. The molecule has 1 heterocycles. The van der Waals surface area contributed by atoms with Crippen LogP contribution < -0.4 is 20.0 Å². The summed E-state index contributed by atoms with van der Waals surface area (Å²) >= 11 is 7.48. The average molecular weight is 467 g/mol. The maximum absolute atomic E-state index is 5.47. The van der Waals surface area contributed by atoms with E-state index in [1.54, 1.807) is 0 Å². The summed E-state index contributed by atoms with van der Waals surface area (Å²) in [6.07, 6.45) is 0. The van der Waals surface area contributed by atoms with Gasteiger partial charge in [-0.15, -0.1) is 0 Å². The van der Waals surface area contributed by atoms with Crippen LogP contribution in [0.5, 0.6) is 0 Å². The highest BCUT2D eigenvalue weighted by Gasteiger charge is 2.33. The van der Waals surface area contributed by atoms with Crippen molar-refractivity contribution >= 4 is 53.2 Å². The molecule has 1 aliphatic rings. The Labute approximate surface area is 195 Å². The number of thiocarbonyl (C=S) groups is 1. The second-order valence-corrected chi connectivity index (χ2v) is 11.6. The SMILES string of the molecule is Cc1ccc(NC(=S)NCCSP2N(c3ccccc3)CCN2c2ccccc2)cc1. The van der Waals surface area contributed by atoms with Gasteiger partial charge in [0.2, 0.25) is 0 Å². The van der Waals surface area contributed by atoms with Gasteiger partial charge in [-0.2, -0.15) is 0 Å². The lowest BCUT2D eigenvalue weighted by molar-refractivity contribution is 0.993. The zero-order chi connectivity index (χ0) is 21.5. The normalized spacial score (nSPS) is 14.0. The summed E-state index contributed by atoms with van der Waals surface area (Å²) in [6.45, 7) is 4.99. The van der Waals surface area contributed by atoms with Crippen LogP contribution in [-0.4, -0.2) is 30.5 Å². The number of benzene rings is 3. The molecule has 4 rings (SSSR count). The Hall–Kier alpha value is -2.27. The summed E-state index contributed by atoms with van der Waals surface area (Å²) in [6, 6.07) is 29.8. The van der Waals surface area contributed by atoms with Crippen molar-refractivity contribution in [2.24, 2.45) is 0 Å². The third-order valence-corrected chi connectivity index (χ3v) is 9.92. The largest absolute Gasteiger partial charge is 0.362 e. The highest BCUT2D eigenvalue weighted by molar-refractivity contribution is 8.56. The molecule has 31 heavy (non-hydrogen) atoms. The van der Waals surface area contributed by atoms with Gasteiger partial charge in [0.25, 0.3) is 0 Å². The molecular formula is C24H27N4PS2. The average Bonchev–Trinajstić information content (AvgIpc) is 3.23. The molecule has 7 heteroatoms. The molecule has 0 unspecified atom stereocenters. The first kappa shape index (κ1) is 21.9. The molecule has 0 aromatic heterocycles. The quantitative estimate of drug-likeness (QED) is 0.243. The predicted molar refractivity (Wildman–Crippen MR) is 142 cm³/mol. The van der Waals surface area contributed by atoms with Crippen molar-refractivity contribution in [3.63, 3.8) is 0 Å². The van der Waals surface area contributed by atoms with Crippen LogP contribution in [0.4, 0.5) is 17.1 Å². The van der Waals surface area contributed by atoms with E-state index in [1.807, 2.05) is 11.4 Å². The first-order valence-electron chi connectivity index (χ1n) is 10.4. The number of rotatable bonds is 7. The molecule has 0 amide bonds. The number of hydrogen-bond donors (Lipinski definition) is 2. The number of nitrogens with one attached hydrogen (secondary N) is 2. The van der Waals surface area contributed by atoms with E-state index >= 15 is 0 Å². The molecule has 2 N–H and O–H groups in total. The van der Waals surface area contributed by atoms with Crippen LogP contribution in [0.3, 0.4) is 0 Å². The fourth-order valence-corrected chi connectivity index (χ4v) is 8.34. The fourth-order valence-electron chi connectivity index (χ4n) is 3.39. The number of anilines is 3. The van der Waals surface area contributed by atoms with E-state index in [2.05, 4.69) is 112 Å². The van der Waals surface area contributed by atoms with Crippen LogP contribution in [0.15, 0.2) is 84.9 Å². The highest BCUT2D eigenvalue weighted by Crippen LogP contribution is 2.61. The van der Waals surface area contributed by atoms with Crippen LogP contribution in [0.1, 0.15) is 5.56 Å². The van der Waals surface area contributed by atoms with Gasteiger partial charge in [0, 0.05) is 42.4 Å². The lowest BCUT2D eigenvalue weighted by Crippen LogP contribution is -2.30. The minimum Gasteiger partial charge on any atom is -0.362 e. The molecule has 1 aliphatic heterocycles. The zero-order valence-electron chi connectivity index (χ0n) is 17.6. The third kappa shape index (κ3) is 5.91. The summed E-state index contributed by atoms with van der Waals surface area (Å²) < 4.78 is 5.10. The van der Waals surface area contributed by atoms with E-state index in [1.165, 1.54) is 16.9 Å². The smallest absolute Gasteiger partial charge is 0.170 e. The first-order valence-corrected chi connectivity index (χ1v) is 13.6. The van der Waals surface area contributed by atoms with Crippen LogP contribution >= 0.6 is 31.0 Å². The van der Waals surface area contributed by atoms with Crippen molar-refractivity contribution in [3.05, 3.63) is 90.5 Å². The zero-order valence-corrected chi connectivity index (χ0v) is 20.1. The van der Waals surface area contributed by atoms with Gasteiger partial charge in [-0.3, -0.25) is 0 Å². The van der Waals surface area contributed by atoms with Crippen molar-refractivity contribution in [2.75, 3.05) is 40.0 Å². The molecule has 0 atom stereocenters. The van der Waals surface area contributed by atoms with Gasteiger partial charge in [0.05, 0.1) is 0 Å². The van der Waals surface area contributed by atoms with E-state index in [0.717, 1.165) is 31.1 Å². The summed E-state index contributed by atoms with van der Waals surface area (Å²) in [5.41, 5.74) is 4.85. The second-order valence-electron chi connectivity index (χ2n) is 7.25. The van der Waals surface area contributed by atoms with Crippen molar-refractivity contribution in [2.45, 2.75) is 6.92 Å². The number of nitrogens with zero attached hydrogens (tertiary/aromatic N) is 2. The molecule has 160 valence electrons. The number of hydrogen-bond acceptors (Lipinski definition) is 4. The maximum Gasteiger partial charge on any atom is 0.170 e. The molecular weight excluding hydrogens is 439 g/mol. The van der Waals surface area contributed by atoms with Gasteiger partial charge >= 0.3 is 0 Å². The molecule has 0 aliphatic carbocycles. The molecule has 1 saturated heterocycles. The number of aryl methyl sites for hydroxylation is 1.